The van der Waals surface area contributed by atoms with Crippen molar-refractivity contribution in [2.45, 2.75) is 31.2 Å². The predicted octanol–water partition coefficient (Wildman–Crippen LogP) is 3.57. The van der Waals surface area contributed by atoms with E-state index >= 15 is 0 Å². The summed E-state index contributed by atoms with van der Waals surface area (Å²) in [7, 11) is 3.45. The van der Waals surface area contributed by atoms with Crippen molar-refractivity contribution in [3.8, 4) is 5.69 Å². The average molecular weight is 382 g/mol. The van der Waals surface area contributed by atoms with Crippen LogP contribution in [-0.2, 0) is 4.79 Å². The molecule has 0 bridgehead atoms. The molecule has 1 heterocycles. The van der Waals surface area contributed by atoms with E-state index in [9.17, 15) is 9.59 Å². The van der Waals surface area contributed by atoms with Gasteiger partial charge in [-0.3, -0.25) is 14.2 Å². The topological polar surface area (TPSA) is 55.2 Å². The van der Waals surface area contributed by atoms with E-state index in [0.717, 1.165) is 16.8 Å². The highest BCUT2D eigenvalue weighted by Gasteiger charge is 2.21. The van der Waals surface area contributed by atoms with Crippen molar-refractivity contribution in [1.82, 2.24) is 14.5 Å². The van der Waals surface area contributed by atoms with Crippen LogP contribution in [0.2, 0.25) is 0 Å². The van der Waals surface area contributed by atoms with Crippen LogP contribution in [0.5, 0.6) is 0 Å². The molecule has 0 aliphatic carbocycles. The molecule has 0 unspecified atom stereocenters. The second-order valence-electron chi connectivity index (χ2n) is 6.89. The Morgan fingerprint density at radius 1 is 1.11 bits per heavy atom. The first-order valence-corrected chi connectivity index (χ1v) is 9.64. The lowest BCUT2D eigenvalue weighted by atomic mass is 10.1. The van der Waals surface area contributed by atoms with Crippen LogP contribution in [0.25, 0.3) is 16.6 Å². The molecule has 5 nitrogen and oxygen atoms in total. The van der Waals surface area contributed by atoms with Crippen molar-refractivity contribution in [3.63, 3.8) is 0 Å². The fraction of sp³-hybridized carbons (Fsp3) is 0.286. The third-order valence-corrected chi connectivity index (χ3v) is 5.32. The lowest BCUT2D eigenvalue weighted by Crippen LogP contribution is -2.31. The van der Waals surface area contributed by atoms with E-state index in [-0.39, 0.29) is 16.7 Å². The summed E-state index contributed by atoms with van der Waals surface area (Å²) in [4.78, 5) is 31.9. The number of carbonyl (C=O) groups is 1. The Morgan fingerprint density at radius 2 is 1.74 bits per heavy atom. The maximum atomic E-state index is 13.3. The van der Waals surface area contributed by atoms with Crippen LogP contribution in [0.4, 0.5) is 0 Å². The monoisotopic (exact) mass is 381 g/mol. The highest BCUT2D eigenvalue weighted by molar-refractivity contribution is 8.00. The van der Waals surface area contributed by atoms with Crippen LogP contribution in [-0.4, -0.2) is 39.7 Å². The zero-order chi connectivity index (χ0) is 19.7. The van der Waals surface area contributed by atoms with Crippen molar-refractivity contribution in [1.29, 1.82) is 0 Å². The Kier molecular flexibility index (Phi) is 5.37. The number of nitrogens with zero attached hydrogens (tertiary/aromatic N) is 3. The summed E-state index contributed by atoms with van der Waals surface area (Å²) < 4.78 is 1.62. The predicted molar refractivity (Wildman–Crippen MR) is 111 cm³/mol. The number of benzene rings is 2. The highest BCUT2D eigenvalue weighted by Crippen LogP contribution is 2.26. The van der Waals surface area contributed by atoms with Crippen molar-refractivity contribution in [3.05, 3.63) is 63.9 Å². The van der Waals surface area contributed by atoms with Gasteiger partial charge in [-0.1, -0.05) is 30.0 Å². The van der Waals surface area contributed by atoms with Crippen LogP contribution in [0.3, 0.4) is 0 Å². The van der Waals surface area contributed by atoms with Crippen molar-refractivity contribution in [2.24, 2.45) is 0 Å². The molecule has 1 atom stereocenters. The fourth-order valence-corrected chi connectivity index (χ4v) is 4.14. The van der Waals surface area contributed by atoms with E-state index < -0.39 is 0 Å². The van der Waals surface area contributed by atoms with Gasteiger partial charge in [0, 0.05) is 14.1 Å². The molecule has 0 radical (unpaired) electrons. The molecule has 0 saturated heterocycles. The van der Waals surface area contributed by atoms with Gasteiger partial charge in [0.05, 0.1) is 21.8 Å². The van der Waals surface area contributed by atoms with Crippen LogP contribution in [0, 0.1) is 13.8 Å². The van der Waals surface area contributed by atoms with Crippen molar-refractivity contribution in [2.75, 3.05) is 14.1 Å². The lowest BCUT2D eigenvalue weighted by Gasteiger charge is -2.19. The van der Waals surface area contributed by atoms with Gasteiger partial charge in [0.25, 0.3) is 5.56 Å². The summed E-state index contributed by atoms with van der Waals surface area (Å²) in [5.74, 6) is -0.0191. The van der Waals surface area contributed by atoms with Gasteiger partial charge in [0.2, 0.25) is 5.91 Å². The molecule has 2 aromatic carbocycles. The molecule has 1 aromatic heterocycles. The molecule has 0 aliphatic heterocycles. The van der Waals surface area contributed by atoms with Gasteiger partial charge < -0.3 is 4.90 Å². The largest absolute Gasteiger partial charge is 0.348 e. The Morgan fingerprint density at radius 3 is 2.37 bits per heavy atom. The maximum absolute atomic E-state index is 13.3. The standard InChI is InChI=1S/C21H23N3O2S/c1-13-10-14(2)12-16(11-13)24-20(26)17-8-6-7-9-18(17)22-21(24)27-15(3)19(25)23(4)5/h6-12,15H,1-5H3/t15-/m0/s1. The number of rotatable bonds is 4. The van der Waals surface area contributed by atoms with E-state index in [1.165, 1.54) is 11.8 Å². The third kappa shape index (κ3) is 3.90. The number of amides is 1. The van der Waals surface area contributed by atoms with Crippen molar-refractivity contribution >= 4 is 28.6 Å². The molecule has 0 spiro atoms. The van der Waals surface area contributed by atoms with Gasteiger partial charge in [0.1, 0.15) is 0 Å². The zero-order valence-electron chi connectivity index (χ0n) is 16.2. The molecule has 27 heavy (non-hydrogen) atoms. The molecule has 1 amide bonds. The number of fused-ring (bicyclic) bond motifs is 1. The highest BCUT2D eigenvalue weighted by atomic mass is 32.2. The molecule has 3 rings (SSSR count). The molecule has 0 aliphatic rings. The van der Waals surface area contributed by atoms with Crippen molar-refractivity contribution < 1.29 is 4.79 Å². The summed E-state index contributed by atoms with van der Waals surface area (Å²) in [6.07, 6.45) is 0. The van der Waals surface area contributed by atoms with Crippen LogP contribution >= 0.6 is 11.8 Å². The second kappa shape index (κ2) is 7.56. The van der Waals surface area contributed by atoms with E-state index in [0.29, 0.717) is 16.1 Å². The Bertz CT molecular complexity index is 1050. The molecule has 140 valence electrons. The summed E-state index contributed by atoms with van der Waals surface area (Å²) >= 11 is 1.30. The molecular weight excluding hydrogens is 358 g/mol. The fourth-order valence-electron chi connectivity index (χ4n) is 3.07. The smallest absolute Gasteiger partial charge is 0.266 e. The van der Waals surface area contributed by atoms with Gasteiger partial charge in [-0.25, -0.2) is 4.98 Å². The van der Waals surface area contributed by atoms with Gasteiger partial charge >= 0.3 is 0 Å². The summed E-state index contributed by atoms with van der Waals surface area (Å²) in [5, 5.41) is 0.726. The number of hydrogen-bond acceptors (Lipinski definition) is 4. The summed E-state index contributed by atoms with van der Waals surface area (Å²) in [5.41, 5.74) is 3.41. The first-order chi connectivity index (χ1) is 12.8. The number of aryl methyl sites for hydroxylation is 2. The minimum atomic E-state index is -0.356. The Balaban J connectivity index is 2.24. The Hall–Kier alpha value is -2.60. The van der Waals surface area contributed by atoms with Gasteiger partial charge in [0.15, 0.2) is 5.16 Å². The summed E-state index contributed by atoms with van der Waals surface area (Å²) in [6, 6.07) is 13.3. The van der Waals surface area contributed by atoms with E-state index in [1.54, 1.807) is 29.6 Å². The van der Waals surface area contributed by atoms with E-state index in [2.05, 4.69) is 6.07 Å². The number of carbonyl (C=O) groups excluding carboxylic acids is 1. The SMILES string of the molecule is Cc1cc(C)cc(-n2c(S[C@@H](C)C(=O)N(C)C)nc3ccccc3c2=O)c1. The van der Waals surface area contributed by atoms with E-state index in [4.69, 9.17) is 4.98 Å². The summed E-state index contributed by atoms with van der Waals surface area (Å²) in [6.45, 7) is 5.84. The van der Waals surface area contributed by atoms with Crippen LogP contribution in [0.1, 0.15) is 18.1 Å². The first kappa shape index (κ1) is 19.2. The lowest BCUT2D eigenvalue weighted by molar-refractivity contribution is -0.127. The first-order valence-electron chi connectivity index (χ1n) is 8.76. The molecule has 6 heteroatoms. The quantitative estimate of drug-likeness (QED) is 0.512. The second-order valence-corrected chi connectivity index (χ2v) is 8.20. The molecule has 0 N–H and O–H groups in total. The normalized spacial score (nSPS) is 12.2. The number of hydrogen-bond donors (Lipinski definition) is 0. The third-order valence-electron chi connectivity index (χ3n) is 4.28. The minimum absolute atomic E-state index is 0.0191. The molecular formula is C21H23N3O2S. The average Bonchev–Trinajstić information content (AvgIpc) is 2.60. The molecule has 0 saturated carbocycles. The van der Waals surface area contributed by atoms with Crippen LogP contribution < -0.4 is 5.56 Å². The van der Waals surface area contributed by atoms with Gasteiger partial charge in [-0.05, 0) is 56.2 Å². The van der Waals surface area contributed by atoms with Crippen LogP contribution in [0.15, 0.2) is 52.4 Å². The number of thioether (sulfide) groups is 1. The number of para-hydroxylation sites is 1. The maximum Gasteiger partial charge on any atom is 0.266 e. The number of aromatic nitrogens is 2. The Labute approximate surface area is 163 Å². The zero-order valence-corrected chi connectivity index (χ0v) is 17.0. The van der Waals surface area contributed by atoms with Gasteiger partial charge in [-0.2, -0.15) is 0 Å². The molecule has 0 fully saturated rings. The van der Waals surface area contributed by atoms with E-state index in [1.807, 2.05) is 51.1 Å². The van der Waals surface area contributed by atoms with Gasteiger partial charge in [-0.15, -0.1) is 0 Å². The molecule has 3 aromatic rings. The minimum Gasteiger partial charge on any atom is -0.348 e.